The normalized spacial score (nSPS) is 9.86. The molecule has 2 heteroatoms. The third-order valence-electron chi connectivity index (χ3n) is 1.83. The molecule has 1 rings (SSSR count). The van der Waals surface area contributed by atoms with Gasteiger partial charge in [-0.2, -0.15) is 0 Å². The molecule has 0 aliphatic rings. The molecule has 0 saturated carbocycles. The second-order valence-electron chi connectivity index (χ2n) is 3.32. The maximum atomic E-state index is 5.51. The van der Waals surface area contributed by atoms with E-state index in [9.17, 15) is 0 Å². The molecule has 1 aromatic rings. The molecule has 0 unspecified atom stereocenters. The van der Waals surface area contributed by atoms with Crippen molar-refractivity contribution in [1.82, 2.24) is 4.90 Å². The molecule has 0 aliphatic heterocycles. The molecular formula is C12H15NO. The SMILES string of the molecule is C#Cc1ccc(OCCN(C)C)cc1. The number of hydrogen-bond donors (Lipinski definition) is 0. The second kappa shape index (κ2) is 5.31. The summed E-state index contributed by atoms with van der Waals surface area (Å²) in [5.41, 5.74) is 0.880. The Labute approximate surface area is 85.5 Å². The predicted octanol–water partition coefficient (Wildman–Crippen LogP) is 1.61. The molecule has 0 radical (unpaired) electrons. The summed E-state index contributed by atoms with van der Waals surface area (Å²) in [5.74, 6) is 3.43. The first-order valence-electron chi connectivity index (χ1n) is 4.56. The molecular weight excluding hydrogens is 174 g/mol. The third kappa shape index (κ3) is 3.51. The van der Waals surface area contributed by atoms with Crippen LogP contribution in [0.2, 0.25) is 0 Å². The highest BCUT2D eigenvalue weighted by atomic mass is 16.5. The van der Waals surface area contributed by atoms with Crippen molar-refractivity contribution in [3.63, 3.8) is 0 Å². The van der Waals surface area contributed by atoms with E-state index in [0.717, 1.165) is 17.9 Å². The van der Waals surface area contributed by atoms with Crippen molar-refractivity contribution in [1.29, 1.82) is 0 Å². The third-order valence-corrected chi connectivity index (χ3v) is 1.83. The zero-order chi connectivity index (χ0) is 10.4. The number of terminal acetylenes is 1. The number of likely N-dealkylation sites (N-methyl/N-ethyl adjacent to an activating group) is 1. The van der Waals surface area contributed by atoms with Crippen LogP contribution in [0, 0.1) is 12.3 Å². The van der Waals surface area contributed by atoms with Crippen LogP contribution in [0.4, 0.5) is 0 Å². The predicted molar refractivity (Wildman–Crippen MR) is 58.4 cm³/mol. The summed E-state index contributed by atoms with van der Waals surface area (Å²) in [7, 11) is 4.04. The van der Waals surface area contributed by atoms with Gasteiger partial charge >= 0.3 is 0 Å². The second-order valence-corrected chi connectivity index (χ2v) is 3.32. The van der Waals surface area contributed by atoms with Crippen LogP contribution in [0.5, 0.6) is 5.75 Å². The minimum absolute atomic E-state index is 0.697. The van der Waals surface area contributed by atoms with E-state index in [0.29, 0.717) is 6.61 Å². The Bertz CT molecular complexity index is 308. The average Bonchev–Trinajstić information content (AvgIpc) is 2.18. The lowest BCUT2D eigenvalue weighted by Crippen LogP contribution is -2.19. The van der Waals surface area contributed by atoms with E-state index >= 15 is 0 Å². The summed E-state index contributed by atoms with van der Waals surface area (Å²) in [6, 6.07) is 7.55. The molecule has 0 aliphatic carbocycles. The molecule has 0 saturated heterocycles. The standard InChI is InChI=1S/C12H15NO/c1-4-11-5-7-12(8-6-11)14-10-9-13(2)3/h1,5-8H,9-10H2,2-3H3. The summed E-state index contributed by atoms with van der Waals surface area (Å²) < 4.78 is 5.51. The molecule has 2 nitrogen and oxygen atoms in total. The molecule has 0 N–H and O–H groups in total. The van der Waals surface area contributed by atoms with Gasteiger partial charge in [-0.1, -0.05) is 5.92 Å². The monoisotopic (exact) mass is 189 g/mol. The van der Waals surface area contributed by atoms with Gasteiger partial charge < -0.3 is 9.64 Å². The van der Waals surface area contributed by atoms with Crippen LogP contribution < -0.4 is 4.74 Å². The molecule has 0 atom stereocenters. The molecule has 0 aromatic heterocycles. The maximum absolute atomic E-state index is 5.51. The molecule has 0 bridgehead atoms. The van der Waals surface area contributed by atoms with Gasteiger partial charge in [0.05, 0.1) is 0 Å². The van der Waals surface area contributed by atoms with Gasteiger partial charge in [0.25, 0.3) is 0 Å². The van der Waals surface area contributed by atoms with Crippen LogP contribution in [-0.2, 0) is 0 Å². The fourth-order valence-electron chi connectivity index (χ4n) is 0.993. The zero-order valence-corrected chi connectivity index (χ0v) is 8.66. The lowest BCUT2D eigenvalue weighted by atomic mass is 10.2. The van der Waals surface area contributed by atoms with Crippen molar-refractivity contribution >= 4 is 0 Å². The molecule has 0 heterocycles. The first-order chi connectivity index (χ1) is 6.72. The van der Waals surface area contributed by atoms with Crippen LogP contribution in [0.1, 0.15) is 5.56 Å². The first kappa shape index (κ1) is 10.6. The van der Waals surface area contributed by atoms with Crippen molar-refractivity contribution in [2.75, 3.05) is 27.2 Å². The van der Waals surface area contributed by atoms with Gasteiger partial charge in [-0.3, -0.25) is 0 Å². The highest BCUT2D eigenvalue weighted by Crippen LogP contribution is 2.10. The van der Waals surface area contributed by atoms with Crippen molar-refractivity contribution in [3.05, 3.63) is 29.8 Å². The summed E-state index contributed by atoms with van der Waals surface area (Å²) in [4.78, 5) is 2.08. The zero-order valence-electron chi connectivity index (χ0n) is 8.66. The molecule has 0 amide bonds. The Morgan fingerprint density at radius 1 is 1.29 bits per heavy atom. The highest BCUT2D eigenvalue weighted by Gasteiger charge is 1.94. The van der Waals surface area contributed by atoms with Gasteiger partial charge in [0.2, 0.25) is 0 Å². The Hall–Kier alpha value is -1.46. The summed E-state index contributed by atoms with van der Waals surface area (Å²) in [5, 5.41) is 0. The molecule has 0 spiro atoms. The molecule has 0 fully saturated rings. The number of ether oxygens (including phenoxy) is 1. The smallest absolute Gasteiger partial charge is 0.119 e. The Kier molecular flexibility index (Phi) is 4.03. The number of nitrogens with zero attached hydrogens (tertiary/aromatic N) is 1. The van der Waals surface area contributed by atoms with E-state index in [1.807, 2.05) is 38.4 Å². The van der Waals surface area contributed by atoms with Gasteiger partial charge in [0, 0.05) is 12.1 Å². The number of benzene rings is 1. The van der Waals surface area contributed by atoms with Crippen LogP contribution in [0.25, 0.3) is 0 Å². The first-order valence-corrected chi connectivity index (χ1v) is 4.56. The topological polar surface area (TPSA) is 12.5 Å². The average molecular weight is 189 g/mol. The largest absolute Gasteiger partial charge is 0.492 e. The Morgan fingerprint density at radius 2 is 1.93 bits per heavy atom. The number of rotatable bonds is 4. The van der Waals surface area contributed by atoms with Crippen LogP contribution in [-0.4, -0.2) is 32.1 Å². The van der Waals surface area contributed by atoms with Gasteiger partial charge in [0.1, 0.15) is 12.4 Å². The number of hydrogen-bond acceptors (Lipinski definition) is 2. The van der Waals surface area contributed by atoms with E-state index < -0.39 is 0 Å². The summed E-state index contributed by atoms with van der Waals surface area (Å²) in [6.07, 6.45) is 5.24. The quantitative estimate of drug-likeness (QED) is 0.667. The molecule has 1 aromatic carbocycles. The van der Waals surface area contributed by atoms with Crippen LogP contribution >= 0.6 is 0 Å². The van der Waals surface area contributed by atoms with E-state index in [1.54, 1.807) is 0 Å². The van der Waals surface area contributed by atoms with Crippen molar-refractivity contribution in [2.24, 2.45) is 0 Å². The van der Waals surface area contributed by atoms with Crippen molar-refractivity contribution < 1.29 is 4.74 Å². The maximum Gasteiger partial charge on any atom is 0.119 e. The Morgan fingerprint density at radius 3 is 2.43 bits per heavy atom. The van der Waals surface area contributed by atoms with Crippen molar-refractivity contribution in [2.45, 2.75) is 0 Å². The Balaban J connectivity index is 2.41. The van der Waals surface area contributed by atoms with Gasteiger partial charge in [0.15, 0.2) is 0 Å². The lowest BCUT2D eigenvalue weighted by molar-refractivity contribution is 0.261. The summed E-state index contributed by atoms with van der Waals surface area (Å²) in [6.45, 7) is 1.61. The van der Waals surface area contributed by atoms with Gasteiger partial charge in [-0.05, 0) is 38.4 Å². The molecule has 74 valence electrons. The minimum Gasteiger partial charge on any atom is -0.492 e. The van der Waals surface area contributed by atoms with E-state index in [2.05, 4.69) is 10.8 Å². The van der Waals surface area contributed by atoms with Gasteiger partial charge in [-0.25, -0.2) is 0 Å². The van der Waals surface area contributed by atoms with Gasteiger partial charge in [-0.15, -0.1) is 6.42 Å². The fourth-order valence-corrected chi connectivity index (χ4v) is 0.993. The highest BCUT2D eigenvalue weighted by molar-refractivity contribution is 5.36. The molecule has 14 heavy (non-hydrogen) atoms. The van der Waals surface area contributed by atoms with Crippen molar-refractivity contribution in [3.8, 4) is 18.1 Å². The lowest BCUT2D eigenvalue weighted by Gasteiger charge is -2.10. The van der Waals surface area contributed by atoms with Crippen LogP contribution in [0.3, 0.4) is 0 Å². The fraction of sp³-hybridized carbons (Fsp3) is 0.333. The van der Waals surface area contributed by atoms with E-state index in [-0.39, 0.29) is 0 Å². The van der Waals surface area contributed by atoms with Crippen LogP contribution in [0.15, 0.2) is 24.3 Å². The summed E-state index contributed by atoms with van der Waals surface area (Å²) >= 11 is 0. The van der Waals surface area contributed by atoms with E-state index in [4.69, 9.17) is 11.2 Å². The van der Waals surface area contributed by atoms with E-state index in [1.165, 1.54) is 0 Å². The minimum atomic E-state index is 0.697.